The van der Waals surface area contributed by atoms with Gasteiger partial charge in [0.25, 0.3) is 0 Å². The summed E-state index contributed by atoms with van der Waals surface area (Å²) in [7, 11) is 4.05. The zero-order valence-electron chi connectivity index (χ0n) is 10.4. The Morgan fingerprint density at radius 2 is 2.06 bits per heavy atom. The molecule has 1 aliphatic heterocycles. The molecule has 1 N–H and O–H groups in total. The second-order valence-electron chi connectivity index (χ2n) is 4.52. The van der Waals surface area contributed by atoms with Gasteiger partial charge in [-0.25, -0.2) is 0 Å². The van der Waals surface area contributed by atoms with Crippen LogP contribution in [-0.2, 0) is 4.79 Å². The van der Waals surface area contributed by atoms with Crippen molar-refractivity contribution >= 4 is 17.5 Å². The number of anilines is 1. The quantitative estimate of drug-likeness (QED) is 0.844. The topological polar surface area (TPSA) is 32.3 Å². The van der Waals surface area contributed by atoms with Crippen molar-refractivity contribution in [3.8, 4) is 0 Å². The molecule has 1 aliphatic rings. The molecule has 0 unspecified atom stereocenters. The molecular formula is C14H18N2O. The average Bonchev–Trinajstić information content (AvgIpc) is 2.29. The standard InChI is InChI=1S/C14H18N2O/c1-16(2)14-6-4-3-5-11(14)9-12-10-13(17)7-8-15-12/h3-6,9,15H,7-8,10H2,1-2H3/b12-9+. The Labute approximate surface area is 102 Å². The monoisotopic (exact) mass is 230 g/mol. The molecule has 0 saturated carbocycles. The van der Waals surface area contributed by atoms with Crippen LogP contribution in [0.25, 0.3) is 6.08 Å². The molecular weight excluding hydrogens is 212 g/mol. The fourth-order valence-corrected chi connectivity index (χ4v) is 2.03. The highest BCUT2D eigenvalue weighted by molar-refractivity contribution is 5.84. The fraction of sp³-hybridized carbons (Fsp3) is 0.357. The molecule has 3 heteroatoms. The first-order valence-electron chi connectivity index (χ1n) is 5.89. The Morgan fingerprint density at radius 3 is 2.76 bits per heavy atom. The van der Waals surface area contributed by atoms with Crippen molar-refractivity contribution in [2.24, 2.45) is 0 Å². The van der Waals surface area contributed by atoms with Gasteiger partial charge in [-0.15, -0.1) is 0 Å². The van der Waals surface area contributed by atoms with Crippen molar-refractivity contribution in [2.75, 3.05) is 25.5 Å². The van der Waals surface area contributed by atoms with Crippen molar-refractivity contribution in [3.63, 3.8) is 0 Å². The van der Waals surface area contributed by atoms with Crippen molar-refractivity contribution in [3.05, 3.63) is 35.5 Å². The number of Topliss-reactive ketones (excluding diaryl/α,β-unsaturated/α-hetero) is 1. The first-order valence-corrected chi connectivity index (χ1v) is 5.89. The van der Waals surface area contributed by atoms with E-state index in [1.807, 2.05) is 26.2 Å². The third-order valence-electron chi connectivity index (χ3n) is 2.89. The summed E-state index contributed by atoms with van der Waals surface area (Å²) in [5.74, 6) is 0.317. The zero-order valence-corrected chi connectivity index (χ0v) is 10.4. The molecule has 1 saturated heterocycles. The van der Waals surface area contributed by atoms with Crippen LogP contribution in [0.5, 0.6) is 0 Å². The number of hydrogen-bond acceptors (Lipinski definition) is 3. The number of ketones is 1. The van der Waals surface area contributed by atoms with Gasteiger partial charge in [0, 0.05) is 44.9 Å². The third-order valence-corrected chi connectivity index (χ3v) is 2.89. The van der Waals surface area contributed by atoms with E-state index >= 15 is 0 Å². The SMILES string of the molecule is CN(C)c1ccccc1/C=C1\CC(=O)CCN1. The Bertz CT molecular complexity index is 449. The molecule has 0 aliphatic carbocycles. The van der Waals surface area contributed by atoms with Gasteiger partial charge >= 0.3 is 0 Å². The molecule has 0 spiro atoms. The Hall–Kier alpha value is -1.77. The van der Waals surface area contributed by atoms with Gasteiger partial charge in [-0.2, -0.15) is 0 Å². The summed E-state index contributed by atoms with van der Waals surface area (Å²) in [5.41, 5.74) is 3.34. The summed E-state index contributed by atoms with van der Waals surface area (Å²) < 4.78 is 0. The van der Waals surface area contributed by atoms with Crippen LogP contribution in [0.3, 0.4) is 0 Å². The van der Waals surface area contributed by atoms with Crippen molar-refractivity contribution in [1.82, 2.24) is 5.32 Å². The van der Waals surface area contributed by atoms with Crippen LogP contribution < -0.4 is 10.2 Å². The minimum absolute atomic E-state index is 0.317. The van der Waals surface area contributed by atoms with Gasteiger partial charge in [0.15, 0.2) is 0 Å². The van der Waals surface area contributed by atoms with E-state index in [-0.39, 0.29) is 0 Å². The van der Waals surface area contributed by atoms with Gasteiger partial charge in [0.2, 0.25) is 0 Å². The first-order chi connectivity index (χ1) is 8.16. The molecule has 1 fully saturated rings. The maximum absolute atomic E-state index is 11.4. The highest BCUT2D eigenvalue weighted by atomic mass is 16.1. The molecule has 1 heterocycles. The number of rotatable bonds is 2. The molecule has 0 amide bonds. The summed E-state index contributed by atoms with van der Waals surface area (Å²) in [4.78, 5) is 13.5. The lowest BCUT2D eigenvalue weighted by Crippen LogP contribution is -2.25. The average molecular weight is 230 g/mol. The molecule has 17 heavy (non-hydrogen) atoms. The second kappa shape index (κ2) is 5.04. The second-order valence-corrected chi connectivity index (χ2v) is 4.52. The van der Waals surface area contributed by atoms with Crippen LogP contribution in [-0.4, -0.2) is 26.4 Å². The third kappa shape index (κ3) is 2.87. The minimum Gasteiger partial charge on any atom is -0.388 e. The van der Waals surface area contributed by atoms with E-state index in [1.54, 1.807) is 0 Å². The van der Waals surface area contributed by atoms with Gasteiger partial charge < -0.3 is 10.2 Å². The number of allylic oxidation sites excluding steroid dienone is 1. The molecule has 1 aromatic carbocycles. The number of carbonyl (C=O) groups excluding carboxylic acids is 1. The van der Waals surface area contributed by atoms with Crippen molar-refractivity contribution in [2.45, 2.75) is 12.8 Å². The number of para-hydroxylation sites is 1. The Morgan fingerprint density at radius 1 is 1.29 bits per heavy atom. The van der Waals surface area contributed by atoms with Crippen LogP contribution in [0.15, 0.2) is 30.0 Å². The number of benzene rings is 1. The number of carbonyl (C=O) groups is 1. The van der Waals surface area contributed by atoms with Crippen LogP contribution >= 0.6 is 0 Å². The van der Waals surface area contributed by atoms with Gasteiger partial charge in [0.1, 0.15) is 5.78 Å². The Balaban J connectivity index is 2.28. The fourth-order valence-electron chi connectivity index (χ4n) is 2.03. The summed E-state index contributed by atoms with van der Waals surface area (Å²) in [6.07, 6.45) is 3.25. The summed E-state index contributed by atoms with van der Waals surface area (Å²) in [6, 6.07) is 8.20. The van der Waals surface area contributed by atoms with E-state index in [9.17, 15) is 4.79 Å². The highest BCUT2D eigenvalue weighted by Crippen LogP contribution is 2.22. The van der Waals surface area contributed by atoms with Crippen molar-refractivity contribution < 1.29 is 4.79 Å². The predicted octanol–water partition coefficient (Wildman–Crippen LogP) is 2.05. The molecule has 2 rings (SSSR count). The molecule has 3 nitrogen and oxygen atoms in total. The number of hydrogen-bond donors (Lipinski definition) is 1. The van der Waals surface area contributed by atoms with E-state index in [4.69, 9.17) is 0 Å². The van der Waals surface area contributed by atoms with Gasteiger partial charge in [-0.1, -0.05) is 18.2 Å². The summed E-state index contributed by atoms with van der Waals surface area (Å²) >= 11 is 0. The van der Waals surface area contributed by atoms with Crippen LogP contribution in [0.2, 0.25) is 0 Å². The zero-order chi connectivity index (χ0) is 12.3. The van der Waals surface area contributed by atoms with Crippen LogP contribution in [0.4, 0.5) is 5.69 Å². The maximum Gasteiger partial charge on any atom is 0.140 e. The van der Waals surface area contributed by atoms with Gasteiger partial charge in [-0.3, -0.25) is 4.79 Å². The van der Waals surface area contributed by atoms with E-state index in [0.717, 1.165) is 17.8 Å². The number of nitrogens with one attached hydrogen (secondary N) is 1. The summed E-state index contributed by atoms with van der Waals surface area (Å²) in [6.45, 7) is 0.759. The molecule has 0 radical (unpaired) electrons. The normalized spacial score (nSPS) is 18.0. The predicted molar refractivity (Wildman–Crippen MR) is 71.0 cm³/mol. The molecule has 0 aromatic heterocycles. The maximum atomic E-state index is 11.4. The van der Waals surface area contributed by atoms with Crippen LogP contribution in [0.1, 0.15) is 18.4 Å². The van der Waals surface area contributed by atoms with Crippen molar-refractivity contribution in [1.29, 1.82) is 0 Å². The van der Waals surface area contributed by atoms with E-state index in [2.05, 4.69) is 28.4 Å². The van der Waals surface area contributed by atoms with E-state index < -0.39 is 0 Å². The first kappa shape index (κ1) is 11.7. The smallest absolute Gasteiger partial charge is 0.140 e. The largest absolute Gasteiger partial charge is 0.388 e. The number of nitrogens with zero attached hydrogens (tertiary/aromatic N) is 1. The molecule has 90 valence electrons. The lowest BCUT2D eigenvalue weighted by Gasteiger charge is -2.19. The lowest BCUT2D eigenvalue weighted by molar-refractivity contribution is -0.119. The molecule has 0 bridgehead atoms. The molecule has 1 aromatic rings. The van der Waals surface area contributed by atoms with E-state index in [1.165, 1.54) is 5.69 Å². The van der Waals surface area contributed by atoms with Gasteiger partial charge in [0.05, 0.1) is 0 Å². The molecule has 0 atom stereocenters. The Kier molecular flexibility index (Phi) is 3.47. The minimum atomic E-state index is 0.317. The lowest BCUT2D eigenvalue weighted by atomic mass is 10.0. The summed E-state index contributed by atoms with van der Waals surface area (Å²) in [5, 5.41) is 3.29. The highest BCUT2D eigenvalue weighted by Gasteiger charge is 2.12. The van der Waals surface area contributed by atoms with Gasteiger partial charge in [-0.05, 0) is 17.7 Å². The number of piperidine rings is 1. The van der Waals surface area contributed by atoms with Crippen LogP contribution in [0, 0.1) is 0 Å². The van der Waals surface area contributed by atoms with E-state index in [0.29, 0.717) is 18.6 Å².